The van der Waals surface area contributed by atoms with E-state index in [1.807, 2.05) is 24.3 Å². The first-order valence-corrected chi connectivity index (χ1v) is 4.77. The maximum atomic E-state index is 5.73. The molecule has 0 unspecified atom stereocenters. The minimum absolute atomic E-state index is 0.494. The van der Waals surface area contributed by atoms with Gasteiger partial charge >= 0.3 is 0 Å². The predicted molar refractivity (Wildman–Crippen MR) is 62.7 cm³/mol. The molecule has 1 aromatic heterocycles. The highest BCUT2D eigenvalue weighted by Gasteiger charge is 2.04. The first-order chi connectivity index (χ1) is 7.81. The van der Waals surface area contributed by atoms with Crippen LogP contribution in [0.15, 0.2) is 36.8 Å². The van der Waals surface area contributed by atoms with E-state index in [9.17, 15) is 0 Å². The molecule has 0 aliphatic rings. The van der Waals surface area contributed by atoms with Crippen molar-refractivity contribution in [3.8, 4) is 5.75 Å². The van der Waals surface area contributed by atoms with Crippen LogP contribution in [0.1, 0.15) is 0 Å². The van der Waals surface area contributed by atoms with Crippen LogP contribution in [0.3, 0.4) is 0 Å². The summed E-state index contributed by atoms with van der Waals surface area (Å²) in [5.41, 5.74) is 7.04. The van der Waals surface area contributed by atoms with Gasteiger partial charge in [0.2, 0.25) is 0 Å². The van der Waals surface area contributed by atoms with Crippen LogP contribution in [0, 0.1) is 0 Å². The quantitative estimate of drug-likeness (QED) is 0.818. The second kappa shape index (κ2) is 4.48. The number of hydrogen-bond acceptors (Lipinski definition) is 5. The molecule has 5 nitrogen and oxygen atoms in total. The lowest BCUT2D eigenvalue weighted by atomic mass is 10.3. The van der Waals surface area contributed by atoms with Gasteiger partial charge in [-0.2, -0.15) is 0 Å². The third kappa shape index (κ3) is 2.03. The summed E-state index contributed by atoms with van der Waals surface area (Å²) in [5, 5.41) is 3.09. The zero-order valence-electron chi connectivity index (χ0n) is 8.84. The van der Waals surface area contributed by atoms with E-state index in [0.717, 1.165) is 11.4 Å². The molecular weight excluding hydrogens is 204 g/mol. The number of nitrogen functional groups attached to an aromatic ring is 1. The number of ether oxygens (including phenoxy) is 1. The van der Waals surface area contributed by atoms with Gasteiger partial charge in [-0.15, -0.1) is 0 Å². The number of hydrogen-bond donors (Lipinski definition) is 2. The second-order valence-electron chi connectivity index (χ2n) is 3.15. The summed E-state index contributed by atoms with van der Waals surface area (Å²) in [4.78, 5) is 7.87. The van der Waals surface area contributed by atoms with Crippen LogP contribution in [0.5, 0.6) is 5.75 Å². The van der Waals surface area contributed by atoms with Gasteiger partial charge in [0.1, 0.15) is 12.1 Å². The van der Waals surface area contributed by atoms with Crippen LogP contribution in [-0.4, -0.2) is 17.1 Å². The Morgan fingerprint density at radius 3 is 2.88 bits per heavy atom. The van der Waals surface area contributed by atoms with Gasteiger partial charge in [-0.3, -0.25) is 0 Å². The Bertz CT molecular complexity index is 487. The molecule has 82 valence electrons. The van der Waals surface area contributed by atoms with Crippen molar-refractivity contribution in [3.63, 3.8) is 0 Å². The number of rotatable bonds is 3. The minimum Gasteiger partial charge on any atom is -0.495 e. The molecule has 2 aromatic rings. The highest BCUT2D eigenvalue weighted by atomic mass is 16.5. The van der Waals surface area contributed by atoms with Crippen molar-refractivity contribution in [1.82, 2.24) is 9.97 Å². The molecule has 1 heterocycles. The van der Waals surface area contributed by atoms with Gasteiger partial charge in [0.25, 0.3) is 0 Å². The average molecular weight is 216 g/mol. The number of methoxy groups -OCH3 is 1. The monoisotopic (exact) mass is 216 g/mol. The molecular formula is C11H12N4O. The normalized spacial score (nSPS) is 9.81. The summed E-state index contributed by atoms with van der Waals surface area (Å²) < 4.78 is 5.21. The van der Waals surface area contributed by atoms with Crippen LogP contribution in [0.2, 0.25) is 0 Å². The molecule has 0 aliphatic heterocycles. The molecule has 0 saturated heterocycles. The first kappa shape index (κ1) is 10.2. The molecule has 3 N–H and O–H groups in total. The van der Waals surface area contributed by atoms with E-state index >= 15 is 0 Å². The Morgan fingerprint density at radius 1 is 1.31 bits per heavy atom. The number of nitrogens with two attached hydrogens (primary N) is 1. The molecule has 2 rings (SSSR count). The van der Waals surface area contributed by atoms with Crippen LogP contribution in [-0.2, 0) is 0 Å². The zero-order valence-corrected chi connectivity index (χ0v) is 8.84. The molecule has 0 saturated carbocycles. The van der Waals surface area contributed by atoms with Gasteiger partial charge in [-0.25, -0.2) is 9.97 Å². The van der Waals surface area contributed by atoms with Crippen molar-refractivity contribution < 1.29 is 4.74 Å². The van der Waals surface area contributed by atoms with Crippen molar-refractivity contribution in [2.45, 2.75) is 0 Å². The lowest BCUT2D eigenvalue weighted by Gasteiger charge is -2.10. The molecule has 0 atom stereocenters. The highest BCUT2D eigenvalue weighted by molar-refractivity contribution is 5.71. The van der Waals surface area contributed by atoms with Crippen LogP contribution >= 0.6 is 0 Å². The minimum atomic E-state index is 0.494. The lowest BCUT2D eigenvalue weighted by Crippen LogP contribution is -2.00. The molecule has 5 heteroatoms. The molecule has 0 amide bonds. The third-order valence-electron chi connectivity index (χ3n) is 2.10. The molecule has 16 heavy (non-hydrogen) atoms. The Balaban J connectivity index is 2.30. The van der Waals surface area contributed by atoms with Crippen molar-refractivity contribution in [1.29, 1.82) is 0 Å². The lowest BCUT2D eigenvalue weighted by molar-refractivity contribution is 0.417. The van der Waals surface area contributed by atoms with E-state index in [2.05, 4.69) is 15.3 Å². The predicted octanol–water partition coefficient (Wildman–Crippen LogP) is 1.81. The molecule has 0 bridgehead atoms. The van der Waals surface area contributed by atoms with E-state index in [1.165, 1.54) is 6.33 Å². The Hall–Kier alpha value is -2.30. The van der Waals surface area contributed by atoms with Crippen LogP contribution < -0.4 is 15.8 Å². The van der Waals surface area contributed by atoms with Crippen LogP contribution in [0.25, 0.3) is 0 Å². The summed E-state index contributed by atoms with van der Waals surface area (Å²) >= 11 is 0. The summed E-state index contributed by atoms with van der Waals surface area (Å²) in [6.45, 7) is 0. The van der Waals surface area contributed by atoms with Gasteiger partial charge in [0, 0.05) is 0 Å². The highest BCUT2D eigenvalue weighted by Crippen LogP contribution is 2.27. The molecule has 0 fully saturated rings. The number of aromatic nitrogens is 2. The summed E-state index contributed by atoms with van der Waals surface area (Å²) in [6.07, 6.45) is 2.98. The summed E-state index contributed by atoms with van der Waals surface area (Å²) in [7, 11) is 1.61. The van der Waals surface area contributed by atoms with Gasteiger partial charge in [0.15, 0.2) is 5.82 Å². The number of nitrogens with one attached hydrogen (secondary N) is 1. The first-order valence-electron chi connectivity index (χ1n) is 4.77. The Kier molecular flexibility index (Phi) is 2.86. The van der Waals surface area contributed by atoms with Crippen molar-refractivity contribution in [2.75, 3.05) is 18.2 Å². The Labute approximate surface area is 93.3 Å². The zero-order chi connectivity index (χ0) is 11.4. The standard InChI is InChI=1S/C11H12N4O/c1-16-10-5-3-2-4-9(10)15-11-8(12)6-13-7-14-11/h2-7H,12H2,1H3,(H,13,14,15). The number of benzene rings is 1. The smallest absolute Gasteiger partial charge is 0.157 e. The topological polar surface area (TPSA) is 73.1 Å². The third-order valence-corrected chi connectivity index (χ3v) is 2.10. The molecule has 0 radical (unpaired) electrons. The van der Waals surface area contributed by atoms with E-state index in [0.29, 0.717) is 11.5 Å². The van der Waals surface area contributed by atoms with E-state index in [1.54, 1.807) is 13.3 Å². The van der Waals surface area contributed by atoms with E-state index < -0.39 is 0 Å². The van der Waals surface area contributed by atoms with Crippen molar-refractivity contribution in [2.24, 2.45) is 0 Å². The maximum absolute atomic E-state index is 5.73. The van der Waals surface area contributed by atoms with Crippen molar-refractivity contribution in [3.05, 3.63) is 36.8 Å². The fraction of sp³-hybridized carbons (Fsp3) is 0.0909. The summed E-state index contributed by atoms with van der Waals surface area (Å²) in [5.74, 6) is 1.31. The van der Waals surface area contributed by atoms with E-state index in [-0.39, 0.29) is 0 Å². The molecule has 1 aromatic carbocycles. The molecule has 0 spiro atoms. The van der Waals surface area contributed by atoms with Gasteiger partial charge in [0.05, 0.1) is 24.7 Å². The fourth-order valence-electron chi connectivity index (χ4n) is 1.32. The summed E-state index contributed by atoms with van der Waals surface area (Å²) in [6, 6.07) is 7.55. The van der Waals surface area contributed by atoms with Gasteiger partial charge in [-0.05, 0) is 12.1 Å². The Morgan fingerprint density at radius 2 is 2.12 bits per heavy atom. The SMILES string of the molecule is COc1ccccc1Nc1ncncc1N. The number of anilines is 3. The molecule has 0 aliphatic carbocycles. The van der Waals surface area contributed by atoms with Gasteiger partial charge < -0.3 is 15.8 Å². The maximum Gasteiger partial charge on any atom is 0.157 e. The van der Waals surface area contributed by atoms with E-state index in [4.69, 9.17) is 10.5 Å². The average Bonchev–Trinajstić information content (AvgIpc) is 2.33. The second-order valence-corrected chi connectivity index (χ2v) is 3.15. The van der Waals surface area contributed by atoms with Crippen LogP contribution in [0.4, 0.5) is 17.2 Å². The van der Waals surface area contributed by atoms with Gasteiger partial charge in [-0.1, -0.05) is 12.1 Å². The largest absolute Gasteiger partial charge is 0.495 e. The van der Waals surface area contributed by atoms with Crippen molar-refractivity contribution >= 4 is 17.2 Å². The fourth-order valence-corrected chi connectivity index (χ4v) is 1.32. The number of nitrogens with zero attached hydrogens (tertiary/aromatic N) is 2. The number of para-hydroxylation sites is 2.